The van der Waals surface area contributed by atoms with Gasteiger partial charge in [0.05, 0.1) is 47.3 Å². The van der Waals surface area contributed by atoms with E-state index < -0.39 is 42.4 Å². The molecule has 4 aromatic rings. The van der Waals surface area contributed by atoms with E-state index in [-0.39, 0.29) is 37.3 Å². The van der Waals surface area contributed by atoms with Gasteiger partial charge in [-0.2, -0.15) is 0 Å². The summed E-state index contributed by atoms with van der Waals surface area (Å²) in [7, 11) is -3.03. The van der Waals surface area contributed by atoms with Crippen LogP contribution in [0.25, 0.3) is 0 Å². The van der Waals surface area contributed by atoms with Gasteiger partial charge in [-0.3, -0.25) is 29.3 Å². The Morgan fingerprint density at radius 3 is 2.59 bits per heavy atom. The summed E-state index contributed by atoms with van der Waals surface area (Å²) in [6.45, 7) is 8.99. The zero-order valence-corrected chi connectivity index (χ0v) is 34.9. The van der Waals surface area contributed by atoms with Crippen LogP contribution in [0, 0.1) is 16.0 Å². The summed E-state index contributed by atoms with van der Waals surface area (Å²) in [5.41, 5.74) is 2.30. The molecule has 7 rings (SSSR count). The van der Waals surface area contributed by atoms with Crippen LogP contribution in [-0.2, 0) is 45.9 Å². The molecule has 17 heteroatoms. The summed E-state index contributed by atoms with van der Waals surface area (Å²) in [5, 5.41) is 42.5. The number of ether oxygens (including phenoxy) is 2. The molecule has 4 heterocycles. The normalized spacial score (nSPS) is 22.6. The number of anilines is 3. The molecule has 1 unspecified atom stereocenters. The number of nitrogens with zero attached hydrogens (tertiary/aromatic N) is 6. The molecule has 3 aliphatic heterocycles. The van der Waals surface area contributed by atoms with E-state index in [9.17, 15) is 29.9 Å². The van der Waals surface area contributed by atoms with Crippen molar-refractivity contribution >= 4 is 42.9 Å². The maximum atomic E-state index is 15.1. The standard InChI is InChI=1S/C42H53N7O9Si/c1-5-57-33-12-14-36-29(22-33)23-35(43-17-6-7-19-50)40(52)48(36)31-10-8-9-28(21-31)25-47-37-13-11-32(49(54)55)24-34(37)42(41(47)53)27(2)39(59(3,4)56)38(58-42)15-18-46-26-30(16-20-51)44-45-46/h8-14,21-22,24,26-27,35,38-39,43,50-51,56H,5-7,15-20,23,25H2,1-4H3/t27-,35?,38+,39-,42+/m0/s1. The zero-order chi connectivity index (χ0) is 42.1. The molecule has 0 saturated carbocycles. The first-order valence-electron chi connectivity index (χ1n) is 20.3. The largest absolute Gasteiger partial charge is 0.494 e. The third-order valence-corrected chi connectivity index (χ3v) is 14.3. The van der Waals surface area contributed by atoms with Crippen LogP contribution in [0.5, 0.6) is 5.75 Å². The lowest BCUT2D eigenvalue weighted by Gasteiger charge is -2.35. The lowest BCUT2D eigenvalue weighted by molar-refractivity contribution is -0.385. The number of unbranched alkanes of at least 4 members (excludes halogenated alkanes) is 1. The Labute approximate surface area is 344 Å². The van der Waals surface area contributed by atoms with Crippen LogP contribution in [0.15, 0.2) is 66.9 Å². The van der Waals surface area contributed by atoms with Gasteiger partial charge in [0.2, 0.25) is 5.91 Å². The molecule has 0 aliphatic carbocycles. The Kier molecular flexibility index (Phi) is 12.3. The summed E-state index contributed by atoms with van der Waals surface area (Å²) < 4.78 is 14.4. The van der Waals surface area contributed by atoms with E-state index in [1.807, 2.05) is 69.4 Å². The molecule has 2 amide bonds. The number of hydrogen-bond donors (Lipinski definition) is 4. The average molecular weight is 828 g/mol. The van der Waals surface area contributed by atoms with Crippen molar-refractivity contribution in [1.82, 2.24) is 20.3 Å². The Morgan fingerprint density at radius 2 is 1.86 bits per heavy atom. The van der Waals surface area contributed by atoms with Gasteiger partial charge in [0.25, 0.3) is 11.6 Å². The highest BCUT2D eigenvalue weighted by molar-refractivity contribution is 6.71. The molecule has 4 N–H and O–H groups in total. The third-order valence-electron chi connectivity index (χ3n) is 11.8. The van der Waals surface area contributed by atoms with Crippen molar-refractivity contribution in [2.75, 3.05) is 36.2 Å². The number of amides is 2. The quantitative estimate of drug-likeness (QED) is 0.0503. The van der Waals surface area contributed by atoms with Gasteiger partial charge < -0.3 is 34.7 Å². The van der Waals surface area contributed by atoms with E-state index in [1.54, 1.807) is 26.7 Å². The number of fused-ring (bicyclic) bond motifs is 3. The van der Waals surface area contributed by atoms with Crippen LogP contribution in [0.2, 0.25) is 18.6 Å². The minimum atomic E-state index is -3.03. The minimum absolute atomic E-state index is 0.0595. The lowest BCUT2D eigenvalue weighted by Crippen LogP contribution is -2.49. The van der Waals surface area contributed by atoms with E-state index in [0.717, 1.165) is 16.8 Å². The van der Waals surface area contributed by atoms with Crippen LogP contribution in [-0.4, -0.2) is 93.6 Å². The number of benzene rings is 3. The first kappa shape index (κ1) is 42.1. The van der Waals surface area contributed by atoms with Crippen LogP contribution in [0.3, 0.4) is 0 Å². The van der Waals surface area contributed by atoms with Crippen molar-refractivity contribution in [3.8, 4) is 5.75 Å². The van der Waals surface area contributed by atoms with Gasteiger partial charge in [0, 0.05) is 67.2 Å². The Bertz CT molecular complexity index is 2190. The first-order valence-corrected chi connectivity index (χ1v) is 23.4. The molecule has 3 aliphatic rings. The maximum Gasteiger partial charge on any atom is 0.269 e. The number of nitro groups is 1. The first-order chi connectivity index (χ1) is 28.3. The van der Waals surface area contributed by atoms with Crippen molar-refractivity contribution in [3.05, 3.63) is 99.4 Å². The molecule has 3 aromatic carbocycles. The minimum Gasteiger partial charge on any atom is -0.494 e. The Balaban J connectivity index is 1.22. The second kappa shape index (κ2) is 17.3. The van der Waals surface area contributed by atoms with Crippen molar-refractivity contribution < 1.29 is 39.0 Å². The summed E-state index contributed by atoms with van der Waals surface area (Å²) in [6.07, 6.45) is 3.73. The highest BCUT2D eigenvalue weighted by atomic mass is 28.4. The summed E-state index contributed by atoms with van der Waals surface area (Å²) in [4.78, 5) is 56.1. The number of aliphatic hydroxyl groups is 2. The summed E-state index contributed by atoms with van der Waals surface area (Å²) in [6, 6.07) is 17.0. The molecule has 1 saturated heterocycles. The summed E-state index contributed by atoms with van der Waals surface area (Å²) >= 11 is 0. The fourth-order valence-electron chi connectivity index (χ4n) is 9.24. The van der Waals surface area contributed by atoms with E-state index in [4.69, 9.17) is 9.47 Å². The molecule has 314 valence electrons. The van der Waals surface area contributed by atoms with Crippen molar-refractivity contribution in [2.24, 2.45) is 5.92 Å². The van der Waals surface area contributed by atoms with Crippen molar-refractivity contribution in [3.63, 3.8) is 0 Å². The van der Waals surface area contributed by atoms with E-state index in [0.29, 0.717) is 80.2 Å². The number of aryl methyl sites for hydroxylation is 1. The lowest BCUT2D eigenvalue weighted by atomic mass is 9.82. The van der Waals surface area contributed by atoms with E-state index >= 15 is 4.79 Å². The monoisotopic (exact) mass is 827 g/mol. The van der Waals surface area contributed by atoms with E-state index in [2.05, 4.69) is 15.6 Å². The summed E-state index contributed by atoms with van der Waals surface area (Å²) in [5.74, 6) is -0.347. The van der Waals surface area contributed by atoms with Gasteiger partial charge in [-0.05, 0) is 99.8 Å². The maximum absolute atomic E-state index is 15.1. The SMILES string of the molecule is CCOc1ccc2c(c1)CC(NCCCCO)C(=O)N2c1cccc(CN2C(=O)[C@]3(O[C@H](CCn4cc(CCO)nn4)[C@@H]([Si](C)(C)O)[C@@H]3C)c3cc([N+](=O)[O-])ccc32)c1. The molecule has 1 aromatic heterocycles. The predicted octanol–water partition coefficient (Wildman–Crippen LogP) is 4.51. The number of carbonyl (C=O) groups is 2. The third kappa shape index (κ3) is 8.14. The van der Waals surface area contributed by atoms with Gasteiger partial charge >= 0.3 is 0 Å². The fraction of sp³-hybridized carbons (Fsp3) is 0.476. The van der Waals surface area contributed by atoms with Crippen LogP contribution in [0.4, 0.5) is 22.7 Å². The van der Waals surface area contributed by atoms with Crippen LogP contribution < -0.4 is 19.9 Å². The van der Waals surface area contributed by atoms with Gasteiger partial charge in [-0.15, -0.1) is 5.10 Å². The van der Waals surface area contributed by atoms with Gasteiger partial charge in [-0.1, -0.05) is 24.3 Å². The highest BCUT2D eigenvalue weighted by Crippen LogP contribution is 2.60. The molecule has 59 heavy (non-hydrogen) atoms. The molecule has 0 bridgehead atoms. The number of aromatic nitrogens is 3. The second-order valence-electron chi connectivity index (χ2n) is 16.2. The number of aliphatic hydroxyl groups excluding tert-OH is 2. The molecular weight excluding hydrogens is 775 g/mol. The fourth-order valence-corrected chi connectivity index (χ4v) is 11.8. The predicted molar refractivity (Wildman–Crippen MR) is 222 cm³/mol. The topological polar surface area (TPSA) is 206 Å². The Hall–Kier alpha value is -5.04. The molecule has 0 radical (unpaired) electrons. The zero-order valence-electron chi connectivity index (χ0n) is 33.9. The number of nitrogens with one attached hydrogen (secondary N) is 1. The van der Waals surface area contributed by atoms with E-state index in [1.165, 1.54) is 12.1 Å². The number of non-ortho nitro benzene ring substituents is 1. The second-order valence-corrected chi connectivity index (χ2v) is 20.1. The molecule has 1 fully saturated rings. The number of carbonyl (C=O) groups excluding carboxylic acids is 2. The number of rotatable bonds is 17. The molecule has 5 atom stereocenters. The smallest absolute Gasteiger partial charge is 0.269 e. The van der Waals surface area contributed by atoms with Crippen LogP contribution >= 0.6 is 0 Å². The Morgan fingerprint density at radius 1 is 1.07 bits per heavy atom. The van der Waals surface area contributed by atoms with Gasteiger partial charge in [0.15, 0.2) is 13.9 Å². The van der Waals surface area contributed by atoms with Crippen molar-refractivity contribution in [1.29, 1.82) is 0 Å². The molecule has 16 nitrogen and oxygen atoms in total. The highest BCUT2D eigenvalue weighted by Gasteiger charge is 2.66. The number of hydrogen-bond acceptors (Lipinski definition) is 12. The van der Waals surface area contributed by atoms with Crippen LogP contribution in [0.1, 0.15) is 55.5 Å². The van der Waals surface area contributed by atoms with Gasteiger partial charge in [0.1, 0.15) is 5.75 Å². The molecule has 1 spiro atoms. The molecular formula is C42H53N7O9Si. The van der Waals surface area contributed by atoms with Crippen molar-refractivity contribution in [2.45, 2.75) is 95.4 Å². The average Bonchev–Trinajstić information content (AvgIpc) is 3.85. The van der Waals surface area contributed by atoms with Gasteiger partial charge in [-0.25, -0.2) is 0 Å². The number of nitro benzene ring substituents is 1.